The predicted molar refractivity (Wildman–Crippen MR) is 93.6 cm³/mol. The van der Waals surface area contributed by atoms with Crippen molar-refractivity contribution in [3.63, 3.8) is 0 Å². The van der Waals surface area contributed by atoms with Gasteiger partial charge in [0.25, 0.3) is 0 Å². The number of benzene rings is 2. The molecular formula is C19H26Si. The van der Waals surface area contributed by atoms with Crippen LogP contribution in [0.1, 0.15) is 26.3 Å². The summed E-state index contributed by atoms with van der Waals surface area (Å²) in [6.07, 6.45) is 0. The monoisotopic (exact) mass is 282 g/mol. The van der Waals surface area contributed by atoms with Gasteiger partial charge in [0.1, 0.15) is 0 Å². The maximum Gasteiger partial charge on any atom is 0.0776 e. The summed E-state index contributed by atoms with van der Waals surface area (Å²) in [5.41, 5.74) is 4.27. The molecule has 0 saturated carbocycles. The van der Waals surface area contributed by atoms with Crippen molar-refractivity contribution in [2.45, 2.75) is 45.8 Å². The predicted octanol–water partition coefficient (Wildman–Crippen LogP) is 5.20. The highest BCUT2D eigenvalue weighted by molar-refractivity contribution is 6.88. The SMILES string of the molecule is CC(C)(C)c1cccc(-c2cccc([Si](C)(C)C)c2)c1. The highest BCUT2D eigenvalue weighted by Gasteiger charge is 2.17. The molecule has 0 aliphatic rings. The van der Waals surface area contributed by atoms with Crippen molar-refractivity contribution in [2.75, 3.05) is 0 Å². The fraction of sp³-hybridized carbons (Fsp3) is 0.368. The van der Waals surface area contributed by atoms with Gasteiger partial charge in [0.15, 0.2) is 0 Å². The van der Waals surface area contributed by atoms with E-state index in [9.17, 15) is 0 Å². The van der Waals surface area contributed by atoms with E-state index in [1.165, 1.54) is 21.9 Å². The Labute approximate surface area is 124 Å². The van der Waals surface area contributed by atoms with Crippen molar-refractivity contribution in [3.8, 4) is 11.1 Å². The summed E-state index contributed by atoms with van der Waals surface area (Å²) in [4.78, 5) is 0. The van der Waals surface area contributed by atoms with Crippen molar-refractivity contribution in [2.24, 2.45) is 0 Å². The molecule has 20 heavy (non-hydrogen) atoms. The van der Waals surface area contributed by atoms with E-state index in [4.69, 9.17) is 0 Å². The number of rotatable bonds is 2. The molecule has 0 saturated heterocycles. The summed E-state index contributed by atoms with van der Waals surface area (Å²) in [7, 11) is -1.25. The average molecular weight is 283 g/mol. The normalized spacial score (nSPS) is 12.5. The van der Waals surface area contributed by atoms with E-state index in [-0.39, 0.29) is 5.41 Å². The summed E-state index contributed by atoms with van der Waals surface area (Å²) in [5, 5.41) is 1.52. The first-order chi connectivity index (χ1) is 9.18. The van der Waals surface area contributed by atoms with Crippen LogP contribution in [-0.2, 0) is 5.41 Å². The fourth-order valence-corrected chi connectivity index (χ4v) is 3.52. The first kappa shape index (κ1) is 15.1. The van der Waals surface area contributed by atoms with Crippen LogP contribution in [0.15, 0.2) is 48.5 Å². The largest absolute Gasteiger partial charge is 0.0776 e. The zero-order valence-electron chi connectivity index (χ0n) is 13.6. The molecule has 0 nitrogen and oxygen atoms in total. The third-order valence-electron chi connectivity index (χ3n) is 3.79. The molecule has 0 bridgehead atoms. The quantitative estimate of drug-likeness (QED) is 0.664. The van der Waals surface area contributed by atoms with E-state index >= 15 is 0 Å². The van der Waals surface area contributed by atoms with Crippen molar-refractivity contribution in [1.82, 2.24) is 0 Å². The minimum absolute atomic E-state index is 0.201. The van der Waals surface area contributed by atoms with Gasteiger partial charge in [-0.2, -0.15) is 0 Å². The van der Waals surface area contributed by atoms with E-state index in [0.717, 1.165) is 0 Å². The van der Waals surface area contributed by atoms with Crippen LogP contribution >= 0.6 is 0 Å². The molecule has 2 rings (SSSR count). The van der Waals surface area contributed by atoms with E-state index in [1.807, 2.05) is 0 Å². The van der Waals surface area contributed by atoms with Gasteiger partial charge in [-0.1, -0.05) is 94.1 Å². The molecule has 0 radical (unpaired) electrons. The summed E-state index contributed by atoms with van der Waals surface area (Å²) in [6.45, 7) is 14.0. The number of hydrogen-bond donors (Lipinski definition) is 0. The highest BCUT2D eigenvalue weighted by atomic mass is 28.3. The van der Waals surface area contributed by atoms with Gasteiger partial charge in [-0.3, -0.25) is 0 Å². The van der Waals surface area contributed by atoms with E-state index < -0.39 is 8.07 Å². The Bertz CT molecular complexity index is 542. The van der Waals surface area contributed by atoms with Gasteiger partial charge >= 0.3 is 0 Å². The van der Waals surface area contributed by atoms with Crippen molar-refractivity contribution < 1.29 is 0 Å². The maximum atomic E-state index is 2.40. The molecule has 0 aliphatic heterocycles. The highest BCUT2D eigenvalue weighted by Crippen LogP contribution is 2.27. The second-order valence-electron chi connectivity index (χ2n) is 7.66. The second kappa shape index (κ2) is 5.21. The molecule has 0 atom stereocenters. The molecule has 0 fully saturated rings. The third-order valence-corrected chi connectivity index (χ3v) is 5.83. The smallest absolute Gasteiger partial charge is 0.0656 e. The molecular weight excluding hydrogens is 256 g/mol. The Morgan fingerprint density at radius 3 is 1.85 bits per heavy atom. The van der Waals surface area contributed by atoms with Gasteiger partial charge in [0.05, 0.1) is 8.07 Å². The molecule has 0 aliphatic carbocycles. The minimum atomic E-state index is -1.25. The molecule has 0 heterocycles. The lowest BCUT2D eigenvalue weighted by Gasteiger charge is -2.21. The Kier molecular flexibility index (Phi) is 3.92. The van der Waals surface area contributed by atoms with E-state index in [1.54, 1.807) is 0 Å². The standard InChI is InChI=1S/C19H26Si/c1-19(2,3)17-11-7-9-15(13-17)16-10-8-12-18(14-16)20(4,5)6/h7-14H,1-6H3. The summed E-state index contributed by atoms with van der Waals surface area (Å²) in [6, 6.07) is 18.1. The third kappa shape index (κ3) is 3.40. The minimum Gasteiger partial charge on any atom is -0.0656 e. The van der Waals surface area contributed by atoms with Crippen molar-refractivity contribution in [1.29, 1.82) is 0 Å². The Morgan fingerprint density at radius 2 is 1.30 bits per heavy atom. The zero-order valence-corrected chi connectivity index (χ0v) is 14.6. The lowest BCUT2D eigenvalue weighted by Crippen LogP contribution is -2.37. The fourth-order valence-electron chi connectivity index (χ4n) is 2.33. The zero-order chi connectivity index (χ0) is 15.0. The van der Waals surface area contributed by atoms with E-state index in [2.05, 4.69) is 88.9 Å². The van der Waals surface area contributed by atoms with Crippen LogP contribution in [0.4, 0.5) is 0 Å². The number of hydrogen-bond acceptors (Lipinski definition) is 0. The van der Waals surface area contributed by atoms with Crippen LogP contribution in [0.25, 0.3) is 11.1 Å². The Hall–Kier alpha value is -1.34. The maximum absolute atomic E-state index is 2.40. The van der Waals surface area contributed by atoms with Crippen LogP contribution in [0.2, 0.25) is 19.6 Å². The van der Waals surface area contributed by atoms with Crippen LogP contribution in [0.5, 0.6) is 0 Å². The van der Waals surface area contributed by atoms with Gasteiger partial charge < -0.3 is 0 Å². The first-order valence-corrected chi connectivity index (χ1v) is 10.9. The lowest BCUT2D eigenvalue weighted by molar-refractivity contribution is 0.590. The first-order valence-electron chi connectivity index (χ1n) is 7.39. The van der Waals surface area contributed by atoms with Crippen molar-refractivity contribution in [3.05, 3.63) is 54.1 Å². The Morgan fingerprint density at radius 1 is 0.750 bits per heavy atom. The molecule has 0 N–H and O–H groups in total. The summed E-state index contributed by atoms with van der Waals surface area (Å²) < 4.78 is 0. The lowest BCUT2D eigenvalue weighted by atomic mass is 9.85. The van der Waals surface area contributed by atoms with Gasteiger partial charge in [-0.15, -0.1) is 0 Å². The molecule has 0 spiro atoms. The summed E-state index contributed by atoms with van der Waals surface area (Å²) >= 11 is 0. The molecule has 0 aromatic heterocycles. The Balaban J connectivity index is 2.47. The van der Waals surface area contributed by atoms with Gasteiger partial charge in [-0.05, 0) is 22.1 Å². The molecule has 1 heteroatoms. The molecule has 0 amide bonds. The molecule has 106 valence electrons. The molecule has 2 aromatic carbocycles. The van der Waals surface area contributed by atoms with Crippen molar-refractivity contribution >= 4 is 13.3 Å². The van der Waals surface area contributed by atoms with Crippen LogP contribution in [0.3, 0.4) is 0 Å². The topological polar surface area (TPSA) is 0 Å². The van der Waals surface area contributed by atoms with Gasteiger partial charge in [0.2, 0.25) is 0 Å². The second-order valence-corrected chi connectivity index (χ2v) is 12.7. The molecule has 2 aromatic rings. The van der Waals surface area contributed by atoms with Crippen LogP contribution in [-0.4, -0.2) is 8.07 Å². The van der Waals surface area contributed by atoms with E-state index in [0.29, 0.717) is 0 Å². The van der Waals surface area contributed by atoms with Crippen LogP contribution in [0, 0.1) is 0 Å². The van der Waals surface area contributed by atoms with Gasteiger partial charge in [0, 0.05) is 0 Å². The average Bonchev–Trinajstić information content (AvgIpc) is 2.37. The summed E-state index contributed by atoms with van der Waals surface area (Å²) in [5.74, 6) is 0. The molecule has 0 unspecified atom stereocenters. The van der Waals surface area contributed by atoms with Gasteiger partial charge in [-0.25, -0.2) is 0 Å². The van der Waals surface area contributed by atoms with Crippen LogP contribution < -0.4 is 5.19 Å².